The Bertz CT molecular complexity index is 776. The first-order chi connectivity index (χ1) is 13.6. The molecule has 0 aromatic heterocycles. The van der Waals surface area contributed by atoms with Crippen LogP contribution >= 0.6 is 0 Å². The fourth-order valence-electron chi connectivity index (χ4n) is 4.22. The van der Waals surface area contributed by atoms with Crippen LogP contribution in [-0.4, -0.2) is 26.1 Å². The Hall–Kier alpha value is -2.50. The molecule has 6 heteroatoms. The van der Waals surface area contributed by atoms with Crippen LogP contribution in [-0.2, 0) is 27.3 Å². The van der Waals surface area contributed by atoms with Crippen LogP contribution in [0.2, 0.25) is 0 Å². The van der Waals surface area contributed by atoms with Crippen molar-refractivity contribution in [1.82, 2.24) is 0 Å². The maximum atomic E-state index is 12.3. The molecule has 0 radical (unpaired) electrons. The molecule has 1 fully saturated rings. The third-order valence-electron chi connectivity index (χ3n) is 5.72. The molecule has 1 saturated carbocycles. The monoisotopic (exact) mass is 387 g/mol. The quantitative estimate of drug-likeness (QED) is 0.446. The van der Waals surface area contributed by atoms with Gasteiger partial charge in [-0.1, -0.05) is 25.7 Å². The van der Waals surface area contributed by atoms with Gasteiger partial charge in [-0.05, 0) is 37.8 Å². The second-order valence-electron chi connectivity index (χ2n) is 7.39. The molecular weight excluding hydrogens is 358 g/mol. The zero-order valence-corrected chi connectivity index (χ0v) is 16.9. The summed E-state index contributed by atoms with van der Waals surface area (Å²) in [6, 6.07) is 0. The summed E-state index contributed by atoms with van der Waals surface area (Å²) >= 11 is 0. The molecule has 1 aliphatic heterocycles. The van der Waals surface area contributed by atoms with Gasteiger partial charge < -0.3 is 19.5 Å². The average molecular weight is 387 g/mol. The van der Waals surface area contributed by atoms with Crippen molar-refractivity contribution < 1.29 is 23.8 Å². The second kappa shape index (κ2) is 9.13. The van der Waals surface area contributed by atoms with Gasteiger partial charge in [0, 0.05) is 18.2 Å². The zero-order valence-electron chi connectivity index (χ0n) is 16.9. The Labute approximate surface area is 166 Å². The minimum absolute atomic E-state index is 0.00608. The van der Waals surface area contributed by atoms with E-state index in [2.05, 4.69) is 5.32 Å². The summed E-state index contributed by atoms with van der Waals surface area (Å²) < 4.78 is 16.2. The number of ether oxygens (including phenoxy) is 3. The first kappa shape index (κ1) is 20.2. The number of hydrogen-bond donors (Lipinski definition) is 1. The molecule has 1 N–H and O–H groups in total. The molecule has 0 atom stereocenters. The molecular formula is C22H29NO5. The van der Waals surface area contributed by atoms with Gasteiger partial charge in [-0.3, -0.25) is 4.79 Å². The van der Waals surface area contributed by atoms with Crippen molar-refractivity contribution in [1.29, 1.82) is 0 Å². The van der Waals surface area contributed by atoms with E-state index in [1.807, 2.05) is 6.92 Å². The SMILES string of the molecule is CNc1c(CC=COC(=O)C2CCCCCC2)c(OC)c(C)c2c1C(=O)OC2. The number of esters is 2. The maximum absolute atomic E-state index is 12.3. The first-order valence-electron chi connectivity index (χ1n) is 10.0. The molecule has 1 aromatic rings. The average Bonchev–Trinajstić information content (AvgIpc) is 2.91. The summed E-state index contributed by atoms with van der Waals surface area (Å²) in [6.07, 6.45) is 10.1. The van der Waals surface area contributed by atoms with Gasteiger partial charge in [-0.25, -0.2) is 4.79 Å². The van der Waals surface area contributed by atoms with Gasteiger partial charge in [0.15, 0.2) is 0 Å². The van der Waals surface area contributed by atoms with Gasteiger partial charge in [0.25, 0.3) is 0 Å². The van der Waals surface area contributed by atoms with Crippen molar-refractivity contribution in [2.45, 2.75) is 58.5 Å². The summed E-state index contributed by atoms with van der Waals surface area (Å²) in [5, 5.41) is 3.11. The largest absolute Gasteiger partial charge is 0.496 e. The van der Waals surface area contributed by atoms with Crippen LogP contribution in [0, 0.1) is 12.8 Å². The summed E-state index contributed by atoms with van der Waals surface area (Å²) in [5.41, 5.74) is 3.89. The third-order valence-corrected chi connectivity index (χ3v) is 5.72. The first-order valence-corrected chi connectivity index (χ1v) is 10.0. The van der Waals surface area contributed by atoms with Crippen molar-refractivity contribution in [3.63, 3.8) is 0 Å². The summed E-state index contributed by atoms with van der Waals surface area (Å²) in [4.78, 5) is 24.5. The molecule has 6 nitrogen and oxygen atoms in total. The van der Waals surface area contributed by atoms with Crippen LogP contribution in [0.5, 0.6) is 5.75 Å². The number of cyclic esters (lactones) is 1. The molecule has 0 saturated heterocycles. The van der Waals surface area contributed by atoms with Crippen LogP contribution in [0.3, 0.4) is 0 Å². The lowest BCUT2D eigenvalue weighted by Crippen LogP contribution is -2.14. The molecule has 3 rings (SSSR count). The van der Waals surface area contributed by atoms with Crippen molar-refractivity contribution in [2.75, 3.05) is 19.5 Å². The smallest absolute Gasteiger partial charge is 0.341 e. The standard InChI is InChI=1S/C22H29NO5/c1-14-17-13-28-22(25)18(17)19(23-2)16(20(14)26-3)11-8-12-27-21(24)15-9-6-4-5-7-10-15/h8,12,15,23H,4-7,9-11,13H2,1-3H3. The fraction of sp³-hybridized carbons (Fsp3) is 0.545. The molecule has 1 heterocycles. The Morgan fingerprint density at radius 1 is 1.25 bits per heavy atom. The molecule has 0 unspecified atom stereocenters. The maximum Gasteiger partial charge on any atom is 0.341 e. The molecule has 0 spiro atoms. The summed E-state index contributed by atoms with van der Waals surface area (Å²) in [5.74, 6) is 0.260. The molecule has 2 aliphatic rings. The third kappa shape index (κ3) is 4.01. The molecule has 0 amide bonds. The number of anilines is 1. The predicted molar refractivity (Wildman–Crippen MR) is 107 cm³/mol. The molecule has 28 heavy (non-hydrogen) atoms. The minimum Gasteiger partial charge on any atom is -0.496 e. The lowest BCUT2D eigenvalue weighted by molar-refractivity contribution is -0.143. The predicted octanol–water partition coefficient (Wildman–Crippen LogP) is 4.29. The van der Waals surface area contributed by atoms with E-state index in [-0.39, 0.29) is 24.5 Å². The number of carbonyl (C=O) groups excluding carboxylic acids is 2. The number of benzene rings is 1. The highest BCUT2D eigenvalue weighted by molar-refractivity contribution is 6.01. The molecule has 1 aromatic carbocycles. The van der Waals surface area contributed by atoms with E-state index in [0.717, 1.165) is 48.1 Å². The minimum atomic E-state index is -0.324. The van der Waals surface area contributed by atoms with Gasteiger partial charge in [0.1, 0.15) is 12.4 Å². The van der Waals surface area contributed by atoms with Gasteiger partial charge >= 0.3 is 11.9 Å². The van der Waals surface area contributed by atoms with Crippen LogP contribution in [0.15, 0.2) is 12.3 Å². The van der Waals surface area contributed by atoms with E-state index >= 15 is 0 Å². The van der Waals surface area contributed by atoms with Crippen LogP contribution in [0.25, 0.3) is 0 Å². The highest BCUT2D eigenvalue weighted by atomic mass is 16.5. The number of fused-ring (bicyclic) bond motifs is 1. The topological polar surface area (TPSA) is 73.9 Å². The van der Waals surface area contributed by atoms with Gasteiger partial charge in [-0.2, -0.15) is 0 Å². The van der Waals surface area contributed by atoms with E-state index in [9.17, 15) is 9.59 Å². The molecule has 152 valence electrons. The number of nitrogens with one attached hydrogen (secondary N) is 1. The number of rotatable bonds is 6. The zero-order chi connectivity index (χ0) is 20.1. The summed E-state index contributed by atoms with van der Waals surface area (Å²) in [6.45, 7) is 2.19. The Balaban J connectivity index is 1.75. The highest BCUT2D eigenvalue weighted by Gasteiger charge is 2.31. The van der Waals surface area contributed by atoms with Crippen molar-refractivity contribution in [2.24, 2.45) is 5.92 Å². The Morgan fingerprint density at radius 3 is 2.61 bits per heavy atom. The van der Waals surface area contributed by atoms with Crippen LogP contribution < -0.4 is 10.1 Å². The normalized spacial score (nSPS) is 17.2. The van der Waals surface area contributed by atoms with E-state index in [1.165, 1.54) is 19.1 Å². The second-order valence-corrected chi connectivity index (χ2v) is 7.39. The van der Waals surface area contributed by atoms with E-state index in [0.29, 0.717) is 17.7 Å². The number of hydrogen-bond acceptors (Lipinski definition) is 6. The number of allylic oxidation sites excluding steroid dienone is 1. The van der Waals surface area contributed by atoms with Crippen molar-refractivity contribution >= 4 is 17.6 Å². The van der Waals surface area contributed by atoms with E-state index < -0.39 is 0 Å². The van der Waals surface area contributed by atoms with Crippen molar-refractivity contribution in [3.8, 4) is 5.75 Å². The Morgan fingerprint density at radius 2 is 1.96 bits per heavy atom. The van der Waals surface area contributed by atoms with Gasteiger partial charge in [0.2, 0.25) is 0 Å². The molecule has 0 bridgehead atoms. The van der Waals surface area contributed by atoms with Crippen LogP contribution in [0.1, 0.15) is 65.6 Å². The number of methoxy groups -OCH3 is 1. The van der Waals surface area contributed by atoms with Crippen molar-refractivity contribution in [3.05, 3.63) is 34.6 Å². The van der Waals surface area contributed by atoms with E-state index in [1.54, 1.807) is 20.2 Å². The lowest BCUT2D eigenvalue weighted by atomic mass is 9.94. The highest BCUT2D eigenvalue weighted by Crippen LogP contribution is 2.41. The fourth-order valence-corrected chi connectivity index (χ4v) is 4.22. The Kier molecular flexibility index (Phi) is 6.60. The van der Waals surface area contributed by atoms with E-state index in [4.69, 9.17) is 14.2 Å². The summed E-state index contributed by atoms with van der Waals surface area (Å²) in [7, 11) is 3.39. The lowest BCUT2D eigenvalue weighted by Gasteiger charge is -2.18. The van der Waals surface area contributed by atoms with Gasteiger partial charge in [-0.15, -0.1) is 0 Å². The number of carbonyl (C=O) groups is 2. The van der Waals surface area contributed by atoms with Crippen LogP contribution in [0.4, 0.5) is 5.69 Å². The van der Waals surface area contributed by atoms with Gasteiger partial charge in [0.05, 0.1) is 30.5 Å². The molecule has 1 aliphatic carbocycles.